The number of nitrogens with zero attached hydrogens (tertiary/aromatic N) is 3. The summed E-state index contributed by atoms with van der Waals surface area (Å²) in [4.78, 5) is 30.5. The molecule has 0 aromatic carbocycles. The number of aromatic nitrogens is 2. The molecule has 2 aromatic rings. The van der Waals surface area contributed by atoms with Crippen LogP contribution >= 0.6 is 11.6 Å². The molecule has 0 unspecified atom stereocenters. The fourth-order valence-electron chi connectivity index (χ4n) is 3.39. The number of hydrogen-bond acceptors (Lipinski definition) is 3. The van der Waals surface area contributed by atoms with E-state index in [-0.39, 0.29) is 18.5 Å². The third-order valence-electron chi connectivity index (χ3n) is 4.49. The lowest BCUT2D eigenvalue weighted by molar-refractivity contribution is -0.131. The molecule has 2 fully saturated rings. The summed E-state index contributed by atoms with van der Waals surface area (Å²) in [5.74, 6) is -0.120. The van der Waals surface area contributed by atoms with Crippen LogP contribution in [0.3, 0.4) is 0 Å². The molecule has 1 N–H and O–H groups in total. The van der Waals surface area contributed by atoms with Gasteiger partial charge in [0.05, 0.1) is 17.3 Å². The quantitative estimate of drug-likeness (QED) is 0.864. The van der Waals surface area contributed by atoms with Crippen LogP contribution in [-0.2, 0) is 11.3 Å². The number of imide groups is 1. The van der Waals surface area contributed by atoms with Crippen molar-refractivity contribution in [3.63, 3.8) is 0 Å². The molecule has 22 heavy (non-hydrogen) atoms. The fourth-order valence-corrected chi connectivity index (χ4v) is 3.56. The minimum Gasteiger partial charge on any atom is -0.323 e. The van der Waals surface area contributed by atoms with E-state index in [1.54, 1.807) is 28.9 Å². The van der Waals surface area contributed by atoms with Crippen LogP contribution in [0, 0.1) is 0 Å². The topological polar surface area (TPSA) is 66.7 Å². The summed E-state index contributed by atoms with van der Waals surface area (Å²) in [6.45, 7) is 0.186. The summed E-state index contributed by atoms with van der Waals surface area (Å²) < 4.78 is 1.79. The molecule has 114 valence electrons. The summed E-state index contributed by atoms with van der Waals surface area (Å²) in [5, 5.41) is 3.48. The predicted molar refractivity (Wildman–Crippen MR) is 80.5 cm³/mol. The first-order valence-corrected chi connectivity index (χ1v) is 7.72. The number of imidazole rings is 1. The third-order valence-corrected chi connectivity index (χ3v) is 4.71. The van der Waals surface area contributed by atoms with Gasteiger partial charge in [0.2, 0.25) is 0 Å². The zero-order chi connectivity index (χ0) is 15.3. The van der Waals surface area contributed by atoms with Crippen LogP contribution in [0.1, 0.15) is 31.4 Å². The van der Waals surface area contributed by atoms with Crippen molar-refractivity contribution in [2.24, 2.45) is 0 Å². The van der Waals surface area contributed by atoms with E-state index in [0.29, 0.717) is 10.7 Å². The Kier molecular flexibility index (Phi) is 2.91. The van der Waals surface area contributed by atoms with Crippen LogP contribution in [0.25, 0.3) is 5.65 Å². The van der Waals surface area contributed by atoms with Gasteiger partial charge in [-0.2, -0.15) is 0 Å². The molecule has 0 radical (unpaired) electrons. The maximum Gasteiger partial charge on any atom is 0.325 e. The molecule has 0 atom stereocenters. The number of fused-ring (bicyclic) bond motifs is 1. The number of carbonyl (C=O) groups excluding carboxylic acids is 2. The van der Waals surface area contributed by atoms with Crippen molar-refractivity contribution in [3.8, 4) is 0 Å². The summed E-state index contributed by atoms with van der Waals surface area (Å²) >= 11 is 5.95. The largest absolute Gasteiger partial charge is 0.325 e. The zero-order valence-electron chi connectivity index (χ0n) is 11.9. The van der Waals surface area contributed by atoms with Crippen molar-refractivity contribution >= 4 is 29.2 Å². The maximum absolute atomic E-state index is 12.6. The number of hydrogen-bond donors (Lipinski definition) is 1. The Morgan fingerprint density at radius 3 is 2.77 bits per heavy atom. The molecular formula is C15H15ClN4O2. The summed E-state index contributed by atoms with van der Waals surface area (Å²) in [5.41, 5.74) is 0.738. The molecule has 6 nitrogen and oxygen atoms in total. The van der Waals surface area contributed by atoms with Gasteiger partial charge in [-0.15, -0.1) is 0 Å². The van der Waals surface area contributed by atoms with Crippen LogP contribution in [-0.4, -0.2) is 31.8 Å². The van der Waals surface area contributed by atoms with Gasteiger partial charge in [-0.3, -0.25) is 9.69 Å². The Hall–Kier alpha value is -2.08. The second kappa shape index (κ2) is 4.71. The van der Waals surface area contributed by atoms with Crippen molar-refractivity contribution in [1.82, 2.24) is 19.6 Å². The first-order chi connectivity index (χ1) is 10.6. The Bertz CT molecular complexity index is 779. The molecule has 1 aliphatic carbocycles. The Labute approximate surface area is 132 Å². The normalized spacial score (nSPS) is 20.3. The molecule has 0 bridgehead atoms. The Morgan fingerprint density at radius 1 is 1.23 bits per heavy atom. The third kappa shape index (κ3) is 1.98. The minimum atomic E-state index is -0.667. The summed E-state index contributed by atoms with van der Waals surface area (Å²) in [6.07, 6.45) is 6.96. The summed E-state index contributed by atoms with van der Waals surface area (Å²) in [7, 11) is 0. The van der Waals surface area contributed by atoms with Crippen LogP contribution in [0.15, 0.2) is 24.5 Å². The molecule has 4 rings (SSSR count). The predicted octanol–water partition coefficient (Wildman–Crippen LogP) is 2.35. The maximum atomic E-state index is 12.6. The highest BCUT2D eigenvalue weighted by atomic mass is 35.5. The second-order valence-corrected chi connectivity index (χ2v) is 6.39. The van der Waals surface area contributed by atoms with Crippen molar-refractivity contribution in [3.05, 3.63) is 35.2 Å². The average Bonchev–Trinajstić information content (AvgIpc) is 3.15. The molecule has 1 saturated carbocycles. The van der Waals surface area contributed by atoms with Crippen LogP contribution in [0.2, 0.25) is 5.02 Å². The lowest BCUT2D eigenvalue weighted by Gasteiger charge is -2.19. The first kappa shape index (κ1) is 13.6. The molecule has 2 aliphatic rings. The van der Waals surface area contributed by atoms with E-state index in [1.165, 1.54) is 4.90 Å². The smallest absolute Gasteiger partial charge is 0.323 e. The zero-order valence-corrected chi connectivity index (χ0v) is 12.6. The lowest BCUT2D eigenvalue weighted by atomic mass is 9.98. The van der Waals surface area contributed by atoms with Crippen LogP contribution < -0.4 is 5.32 Å². The number of rotatable bonds is 2. The van der Waals surface area contributed by atoms with E-state index < -0.39 is 5.54 Å². The van der Waals surface area contributed by atoms with Gasteiger partial charge in [0.1, 0.15) is 11.2 Å². The van der Waals surface area contributed by atoms with Crippen LogP contribution in [0.5, 0.6) is 0 Å². The number of amides is 3. The highest BCUT2D eigenvalue weighted by Gasteiger charge is 2.52. The van der Waals surface area contributed by atoms with E-state index in [4.69, 9.17) is 11.6 Å². The minimum absolute atomic E-state index is 0.120. The summed E-state index contributed by atoms with van der Waals surface area (Å²) in [6, 6.07) is 3.24. The molecule has 1 spiro atoms. The standard InChI is InChI=1S/C15H15ClN4O2/c16-10-3-4-12-17-11(8-19(12)7-10)9-20-13(21)15(18-14(20)22)5-1-2-6-15/h3-4,7-8H,1-2,5-6,9H2,(H,18,22). The number of carbonyl (C=O) groups is 2. The van der Waals surface area contributed by atoms with Gasteiger partial charge in [-0.1, -0.05) is 24.4 Å². The Balaban J connectivity index is 1.61. The number of halogens is 1. The molecular weight excluding hydrogens is 304 g/mol. The van der Waals surface area contributed by atoms with E-state index in [9.17, 15) is 9.59 Å². The number of nitrogens with one attached hydrogen (secondary N) is 1. The average molecular weight is 319 g/mol. The van der Waals surface area contributed by atoms with Crippen molar-refractivity contribution in [2.75, 3.05) is 0 Å². The van der Waals surface area contributed by atoms with Crippen molar-refractivity contribution in [2.45, 2.75) is 37.8 Å². The first-order valence-electron chi connectivity index (χ1n) is 7.35. The van der Waals surface area contributed by atoms with Crippen molar-refractivity contribution < 1.29 is 9.59 Å². The molecule has 2 aromatic heterocycles. The van der Waals surface area contributed by atoms with Gasteiger partial charge in [-0.05, 0) is 25.0 Å². The fraction of sp³-hybridized carbons (Fsp3) is 0.400. The molecule has 1 saturated heterocycles. The van der Waals surface area contributed by atoms with Gasteiger partial charge in [0, 0.05) is 12.4 Å². The number of pyridine rings is 1. The van der Waals surface area contributed by atoms with E-state index in [0.717, 1.165) is 31.3 Å². The second-order valence-electron chi connectivity index (χ2n) is 5.96. The van der Waals surface area contributed by atoms with Crippen molar-refractivity contribution in [1.29, 1.82) is 0 Å². The van der Waals surface area contributed by atoms with E-state index >= 15 is 0 Å². The monoisotopic (exact) mass is 318 g/mol. The van der Waals surface area contributed by atoms with Crippen LogP contribution in [0.4, 0.5) is 4.79 Å². The van der Waals surface area contributed by atoms with E-state index in [1.807, 2.05) is 0 Å². The van der Waals surface area contributed by atoms with Gasteiger partial charge < -0.3 is 9.72 Å². The highest BCUT2D eigenvalue weighted by molar-refractivity contribution is 6.30. The van der Waals surface area contributed by atoms with Gasteiger partial charge in [0.25, 0.3) is 5.91 Å². The van der Waals surface area contributed by atoms with E-state index in [2.05, 4.69) is 10.3 Å². The van der Waals surface area contributed by atoms with Gasteiger partial charge >= 0.3 is 6.03 Å². The molecule has 1 aliphatic heterocycles. The molecule has 3 heterocycles. The number of urea groups is 1. The molecule has 3 amide bonds. The Morgan fingerprint density at radius 2 is 2.00 bits per heavy atom. The SMILES string of the molecule is O=C1NC2(CCCC2)C(=O)N1Cc1cn2cc(Cl)ccc2n1. The van der Waals surface area contributed by atoms with Gasteiger partial charge in [0.15, 0.2) is 0 Å². The molecule has 7 heteroatoms. The highest BCUT2D eigenvalue weighted by Crippen LogP contribution is 2.35. The van der Waals surface area contributed by atoms with Gasteiger partial charge in [-0.25, -0.2) is 9.78 Å². The lowest BCUT2D eigenvalue weighted by Crippen LogP contribution is -2.44.